The molecule has 2 aliphatic rings. The summed E-state index contributed by atoms with van der Waals surface area (Å²) in [6.07, 6.45) is 9.93. The van der Waals surface area contributed by atoms with Crippen LogP contribution in [-0.4, -0.2) is 59.4 Å². The molecule has 6 aromatic rings. The number of thiazole rings is 1. The van der Waals surface area contributed by atoms with E-state index in [-0.39, 0.29) is 41.4 Å². The molecule has 5 aromatic carbocycles. The van der Waals surface area contributed by atoms with Gasteiger partial charge < -0.3 is 33.5 Å². The minimum atomic E-state index is -0.433. The smallest absolute Gasteiger partial charge is 0.330 e. The Morgan fingerprint density at radius 1 is 0.620 bits per heavy atom. The summed E-state index contributed by atoms with van der Waals surface area (Å²) in [7, 11) is 0. The SMILES string of the molecule is C=CC(=O)OCCCCCCOc1ccc(OC(=O)C2CCC(C(=O)Oc3ccc4cc(OC(=O)C5CCC(C(=O)Oc6ccc(O)cc6)CC5)c(/C=N/Nc5nc6ccccc6s5)cc4c3)CC2)cc1. The molecule has 2 fully saturated rings. The quantitative estimate of drug-likeness (QED) is 0.0183. The average Bonchev–Trinajstić information content (AvgIpc) is 3.81. The largest absolute Gasteiger partial charge is 0.508 e. The molecule has 0 unspecified atom stereocenters. The van der Waals surface area contributed by atoms with E-state index in [4.69, 9.17) is 28.4 Å². The Morgan fingerprint density at radius 2 is 1.15 bits per heavy atom. The first-order valence-corrected chi connectivity index (χ1v) is 24.8. The van der Waals surface area contributed by atoms with E-state index in [0.717, 1.165) is 47.4 Å². The van der Waals surface area contributed by atoms with Crippen molar-refractivity contribution in [3.05, 3.63) is 121 Å². The third kappa shape index (κ3) is 14.0. The van der Waals surface area contributed by atoms with E-state index in [1.165, 1.54) is 35.6 Å². The summed E-state index contributed by atoms with van der Waals surface area (Å²) in [5.74, 6) is -1.31. The molecular formula is C55H55N3O12S. The van der Waals surface area contributed by atoms with Crippen molar-refractivity contribution in [2.24, 2.45) is 28.8 Å². The lowest BCUT2D eigenvalue weighted by Crippen LogP contribution is -2.30. The van der Waals surface area contributed by atoms with Gasteiger partial charge in [0.2, 0.25) is 5.13 Å². The fourth-order valence-electron chi connectivity index (χ4n) is 8.62. The first-order valence-electron chi connectivity index (χ1n) is 24.0. The second kappa shape index (κ2) is 24.3. The summed E-state index contributed by atoms with van der Waals surface area (Å²) in [5, 5.41) is 16.0. The zero-order chi connectivity index (χ0) is 49.5. The van der Waals surface area contributed by atoms with E-state index < -0.39 is 17.9 Å². The second-order valence-electron chi connectivity index (χ2n) is 17.6. The molecule has 2 aliphatic carbocycles. The van der Waals surface area contributed by atoms with Crippen LogP contribution >= 0.6 is 11.3 Å². The van der Waals surface area contributed by atoms with Gasteiger partial charge in [0.05, 0.1) is 53.3 Å². The van der Waals surface area contributed by atoms with E-state index in [1.54, 1.807) is 54.7 Å². The van der Waals surface area contributed by atoms with Crippen molar-refractivity contribution in [2.45, 2.75) is 77.0 Å². The van der Waals surface area contributed by atoms with Crippen LogP contribution in [0.3, 0.4) is 0 Å². The van der Waals surface area contributed by atoms with Crippen molar-refractivity contribution in [1.29, 1.82) is 0 Å². The van der Waals surface area contributed by atoms with Crippen molar-refractivity contribution in [3.63, 3.8) is 0 Å². The molecule has 0 atom stereocenters. The van der Waals surface area contributed by atoms with Gasteiger partial charge >= 0.3 is 29.8 Å². The van der Waals surface area contributed by atoms with Crippen molar-refractivity contribution in [3.8, 4) is 34.5 Å². The number of rotatable bonds is 20. The van der Waals surface area contributed by atoms with E-state index in [0.29, 0.717) is 109 Å². The Bertz CT molecular complexity index is 2830. The second-order valence-corrected chi connectivity index (χ2v) is 18.7. The Labute approximate surface area is 414 Å². The van der Waals surface area contributed by atoms with Gasteiger partial charge in [-0.1, -0.05) is 36.1 Å². The molecule has 1 heterocycles. The maximum Gasteiger partial charge on any atom is 0.330 e. The molecule has 0 bridgehead atoms. The molecule has 2 saturated carbocycles. The van der Waals surface area contributed by atoms with Crippen molar-refractivity contribution < 1.29 is 57.5 Å². The molecule has 1 aromatic heterocycles. The molecule has 0 amide bonds. The van der Waals surface area contributed by atoms with Gasteiger partial charge in [0.1, 0.15) is 34.5 Å². The minimum absolute atomic E-state index is 0.0733. The fraction of sp³-hybridized carbons (Fsp3) is 0.327. The number of hydrazone groups is 1. The Hall–Kier alpha value is -7.59. The molecule has 0 saturated heterocycles. The van der Waals surface area contributed by atoms with Gasteiger partial charge in [-0.3, -0.25) is 24.6 Å². The van der Waals surface area contributed by atoms with Gasteiger partial charge in [-0.05, 0) is 173 Å². The van der Waals surface area contributed by atoms with Crippen LogP contribution in [0.25, 0.3) is 21.0 Å². The van der Waals surface area contributed by atoms with Gasteiger partial charge in [-0.15, -0.1) is 0 Å². The van der Waals surface area contributed by atoms with Crippen LogP contribution in [0.4, 0.5) is 5.13 Å². The number of ether oxygens (including phenoxy) is 6. The molecule has 368 valence electrons. The zero-order valence-corrected chi connectivity index (χ0v) is 39.9. The summed E-state index contributed by atoms with van der Waals surface area (Å²) < 4.78 is 35.0. The lowest BCUT2D eigenvalue weighted by molar-refractivity contribution is -0.145. The highest BCUT2D eigenvalue weighted by molar-refractivity contribution is 7.22. The number of unbranched alkanes of at least 4 members (excludes halogenated alkanes) is 3. The lowest BCUT2D eigenvalue weighted by atomic mass is 9.82. The summed E-state index contributed by atoms with van der Waals surface area (Å²) in [5.41, 5.74) is 4.32. The van der Waals surface area contributed by atoms with Gasteiger partial charge in [-0.2, -0.15) is 5.10 Å². The van der Waals surface area contributed by atoms with Crippen LogP contribution in [0.5, 0.6) is 34.5 Å². The third-order valence-electron chi connectivity index (χ3n) is 12.6. The highest BCUT2D eigenvalue weighted by atomic mass is 32.1. The number of carbonyl (C=O) groups is 5. The van der Waals surface area contributed by atoms with Crippen LogP contribution < -0.4 is 29.1 Å². The number of para-hydroxylation sites is 1. The van der Waals surface area contributed by atoms with Crippen LogP contribution in [0.2, 0.25) is 0 Å². The number of aromatic hydroxyl groups is 1. The van der Waals surface area contributed by atoms with Gasteiger partial charge in [-0.25, -0.2) is 9.78 Å². The number of aromatic nitrogens is 1. The Balaban J connectivity index is 0.837. The molecule has 0 spiro atoms. The lowest BCUT2D eigenvalue weighted by Gasteiger charge is -2.26. The van der Waals surface area contributed by atoms with E-state index in [2.05, 4.69) is 22.1 Å². The topological polar surface area (TPSA) is 198 Å². The highest BCUT2D eigenvalue weighted by Gasteiger charge is 2.34. The summed E-state index contributed by atoms with van der Waals surface area (Å²) in [6.45, 7) is 4.30. The van der Waals surface area contributed by atoms with Gasteiger partial charge in [0, 0.05) is 11.6 Å². The molecule has 2 N–H and O–H groups in total. The molecular weight excluding hydrogens is 927 g/mol. The minimum Gasteiger partial charge on any atom is -0.508 e. The van der Waals surface area contributed by atoms with Crippen LogP contribution in [-0.2, 0) is 28.7 Å². The fourth-order valence-corrected chi connectivity index (χ4v) is 9.44. The maximum absolute atomic E-state index is 13.7. The standard InChI is InChI=1S/C55H55N3O12S/c1-2-50(60)66-30-8-4-3-7-29-65-43-25-27-45(28-26-43)68-52(62)35-11-13-37(14-12-35)53(63)69-46-22-19-39-33-48(41(31-40(39)32-46)34-56-58-55-57-47-9-5-6-10-49(47)71-55)70-54(64)38-17-15-36(16-18-38)51(61)67-44-23-20-42(59)21-24-44/h2,5-6,9-10,19-28,31-38,59H,1,3-4,7-8,11-18,29-30H2,(H,57,58)/b56-34+. The maximum atomic E-state index is 13.7. The van der Waals surface area contributed by atoms with Crippen molar-refractivity contribution in [2.75, 3.05) is 18.6 Å². The van der Waals surface area contributed by atoms with E-state index in [9.17, 15) is 29.1 Å². The molecule has 16 heteroatoms. The van der Waals surface area contributed by atoms with E-state index >= 15 is 0 Å². The molecule has 8 rings (SSSR count). The molecule has 71 heavy (non-hydrogen) atoms. The predicted molar refractivity (Wildman–Crippen MR) is 268 cm³/mol. The van der Waals surface area contributed by atoms with E-state index in [1.807, 2.05) is 30.3 Å². The van der Waals surface area contributed by atoms with Crippen molar-refractivity contribution >= 4 is 73.5 Å². The summed E-state index contributed by atoms with van der Waals surface area (Å²) >= 11 is 1.45. The Kier molecular flexibility index (Phi) is 17.1. The van der Waals surface area contributed by atoms with Gasteiger partial charge in [0.25, 0.3) is 0 Å². The normalized spacial score (nSPS) is 17.8. The first-order chi connectivity index (χ1) is 34.6. The number of anilines is 1. The number of hydrogen-bond donors (Lipinski definition) is 2. The van der Waals surface area contributed by atoms with Crippen LogP contribution in [0.15, 0.2) is 121 Å². The van der Waals surface area contributed by atoms with Gasteiger partial charge in [0.15, 0.2) is 0 Å². The number of phenolic OH excluding ortho intramolecular Hbond substituents is 1. The zero-order valence-electron chi connectivity index (χ0n) is 39.1. The third-order valence-corrected chi connectivity index (χ3v) is 13.6. The highest BCUT2D eigenvalue weighted by Crippen LogP contribution is 2.36. The number of phenols is 1. The van der Waals surface area contributed by atoms with Crippen molar-refractivity contribution in [1.82, 2.24) is 4.98 Å². The average molecular weight is 982 g/mol. The molecule has 0 radical (unpaired) electrons. The number of fused-ring (bicyclic) bond motifs is 2. The van der Waals surface area contributed by atoms with Crippen LogP contribution in [0, 0.1) is 23.7 Å². The number of nitrogens with zero attached hydrogens (tertiary/aromatic N) is 2. The number of hydrogen-bond acceptors (Lipinski definition) is 16. The monoisotopic (exact) mass is 981 g/mol. The summed E-state index contributed by atoms with van der Waals surface area (Å²) in [4.78, 5) is 68.8. The number of carbonyl (C=O) groups excluding carboxylic acids is 5. The number of esters is 5. The molecule has 15 nitrogen and oxygen atoms in total. The predicted octanol–water partition coefficient (Wildman–Crippen LogP) is 10.9. The first kappa shape index (κ1) is 49.8. The summed E-state index contributed by atoms with van der Waals surface area (Å²) in [6, 6.07) is 29.4. The number of benzene rings is 5. The number of nitrogens with one attached hydrogen (secondary N) is 1. The Morgan fingerprint density at radius 3 is 1.76 bits per heavy atom. The van der Waals surface area contributed by atoms with Crippen LogP contribution in [0.1, 0.15) is 82.6 Å². The molecule has 0 aliphatic heterocycles.